The monoisotopic (exact) mass is 371 g/mol. The van der Waals surface area contributed by atoms with Gasteiger partial charge in [-0.05, 0) is 25.0 Å². The van der Waals surface area contributed by atoms with E-state index in [4.69, 9.17) is 9.84 Å². The van der Waals surface area contributed by atoms with Gasteiger partial charge in [-0.1, -0.05) is 12.1 Å². The predicted octanol–water partition coefficient (Wildman–Crippen LogP) is 2.42. The van der Waals surface area contributed by atoms with Gasteiger partial charge in [0.2, 0.25) is 0 Å². The third-order valence-electron chi connectivity index (χ3n) is 4.39. The molecule has 1 aliphatic heterocycles. The van der Waals surface area contributed by atoms with E-state index >= 15 is 0 Å². The molecule has 2 heterocycles. The fourth-order valence-electron chi connectivity index (χ4n) is 2.98. The Labute approximate surface area is 156 Å². The molecular weight excluding hydrogens is 350 g/mol. The summed E-state index contributed by atoms with van der Waals surface area (Å²) in [5, 5.41) is 14.5. The van der Waals surface area contributed by atoms with Crippen LogP contribution in [0.15, 0.2) is 36.7 Å². The van der Waals surface area contributed by atoms with E-state index in [2.05, 4.69) is 20.6 Å². The molecule has 1 aromatic carbocycles. The third kappa shape index (κ3) is 4.63. The van der Waals surface area contributed by atoms with E-state index < -0.39 is 6.09 Å². The lowest BCUT2D eigenvalue weighted by molar-refractivity contribution is 0.130. The van der Waals surface area contributed by atoms with Crippen molar-refractivity contribution in [3.8, 4) is 17.0 Å². The van der Waals surface area contributed by atoms with Crippen molar-refractivity contribution in [3.63, 3.8) is 0 Å². The van der Waals surface area contributed by atoms with Gasteiger partial charge < -0.3 is 20.1 Å². The highest BCUT2D eigenvalue weighted by molar-refractivity contribution is 5.89. The van der Waals surface area contributed by atoms with Crippen LogP contribution in [0.5, 0.6) is 5.75 Å². The zero-order valence-electron chi connectivity index (χ0n) is 14.9. The number of para-hydroxylation sites is 1. The first-order chi connectivity index (χ1) is 13.1. The summed E-state index contributed by atoms with van der Waals surface area (Å²) in [7, 11) is 1.59. The van der Waals surface area contributed by atoms with E-state index in [1.54, 1.807) is 13.2 Å². The van der Waals surface area contributed by atoms with E-state index in [-0.39, 0.29) is 12.1 Å². The molecule has 0 aliphatic carbocycles. The van der Waals surface area contributed by atoms with Gasteiger partial charge in [0, 0.05) is 30.8 Å². The average molecular weight is 371 g/mol. The van der Waals surface area contributed by atoms with Gasteiger partial charge >= 0.3 is 12.1 Å². The maximum atomic E-state index is 12.2. The molecule has 0 saturated carbocycles. The molecule has 3 rings (SSSR count). The van der Waals surface area contributed by atoms with Crippen LogP contribution in [-0.4, -0.2) is 58.3 Å². The number of carboxylic acid groups (broad SMARTS) is 1. The van der Waals surface area contributed by atoms with E-state index in [1.807, 2.05) is 24.3 Å². The van der Waals surface area contributed by atoms with Gasteiger partial charge in [0.05, 0.1) is 12.8 Å². The van der Waals surface area contributed by atoms with E-state index in [9.17, 15) is 9.59 Å². The Kier molecular flexibility index (Phi) is 5.70. The first kappa shape index (κ1) is 18.4. The predicted molar refractivity (Wildman–Crippen MR) is 98.8 cm³/mol. The van der Waals surface area contributed by atoms with Crippen LogP contribution in [0, 0.1) is 0 Å². The van der Waals surface area contributed by atoms with Crippen LogP contribution in [-0.2, 0) is 0 Å². The van der Waals surface area contributed by atoms with Crippen LogP contribution in [0.3, 0.4) is 0 Å². The molecule has 2 aromatic rings. The highest BCUT2D eigenvalue weighted by Gasteiger charge is 2.23. The Bertz CT molecular complexity index is 821. The number of hydrogen-bond acceptors (Lipinski definition) is 5. The quantitative estimate of drug-likeness (QED) is 0.760. The fraction of sp³-hybridized carbons (Fsp3) is 0.333. The van der Waals surface area contributed by atoms with Crippen molar-refractivity contribution < 1.29 is 19.4 Å². The number of hydrogen-bond donors (Lipinski definition) is 3. The molecule has 0 bridgehead atoms. The van der Waals surface area contributed by atoms with E-state index in [0.29, 0.717) is 43.2 Å². The highest BCUT2D eigenvalue weighted by atomic mass is 16.5. The number of rotatable bonds is 4. The second-order valence-electron chi connectivity index (χ2n) is 6.13. The molecule has 1 aliphatic rings. The second kappa shape index (κ2) is 8.35. The molecule has 9 nitrogen and oxygen atoms in total. The maximum Gasteiger partial charge on any atom is 0.407 e. The molecule has 1 saturated heterocycles. The van der Waals surface area contributed by atoms with Crippen molar-refractivity contribution in [2.24, 2.45) is 0 Å². The van der Waals surface area contributed by atoms with Gasteiger partial charge in [0.25, 0.3) is 0 Å². The molecule has 9 heteroatoms. The van der Waals surface area contributed by atoms with Crippen LogP contribution in [0.25, 0.3) is 11.3 Å². The Morgan fingerprint density at radius 1 is 1.22 bits per heavy atom. The molecule has 1 fully saturated rings. The first-order valence-corrected chi connectivity index (χ1v) is 8.57. The molecule has 0 unspecified atom stereocenters. The molecular formula is C18H21N5O4. The largest absolute Gasteiger partial charge is 0.496 e. The molecule has 0 radical (unpaired) electrons. The summed E-state index contributed by atoms with van der Waals surface area (Å²) in [6.07, 6.45) is 1.61. The highest BCUT2D eigenvalue weighted by Crippen LogP contribution is 2.28. The number of carbonyl (C=O) groups excluding carboxylic acids is 1. The summed E-state index contributed by atoms with van der Waals surface area (Å²) in [5.41, 5.74) is 1.43. The number of aromatic nitrogens is 2. The summed E-state index contributed by atoms with van der Waals surface area (Å²) in [6.45, 7) is 0.817. The van der Waals surface area contributed by atoms with Crippen molar-refractivity contribution in [3.05, 3.63) is 36.7 Å². The number of anilines is 1. The Morgan fingerprint density at radius 2 is 1.96 bits per heavy atom. The summed E-state index contributed by atoms with van der Waals surface area (Å²) in [4.78, 5) is 32.8. The molecule has 1 aromatic heterocycles. The summed E-state index contributed by atoms with van der Waals surface area (Å²) < 4.78 is 5.34. The fourth-order valence-corrected chi connectivity index (χ4v) is 2.98. The number of benzene rings is 1. The molecule has 0 atom stereocenters. The number of piperidine rings is 1. The summed E-state index contributed by atoms with van der Waals surface area (Å²) >= 11 is 0. The Balaban J connectivity index is 1.61. The number of nitrogens with one attached hydrogen (secondary N) is 2. The van der Waals surface area contributed by atoms with E-state index in [0.717, 1.165) is 5.56 Å². The third-order valence-corrected chi connectivity index (χ3v) is 4.39. The van der Waals surface area contributed by atoms with Gasteiger partial charge in [0.1, 0.15) is 17.9 Å². The topological polar surface area (TPSA) is 117 Å². The number of carbonyl (C=O) groups is 2. The maximum absolute atomic E-state index is 12.2. The van der Waals surface area contributed by atoms with Crippen molar-refractivity contribution in [1.82, 2.24) is 20.2 Å². The van der Waals surface area contributed by atoms with Crippen molar-refractivity contribution in [2.75, 3.05) is 25.5 Å². The number of urea groups is 1. The Hall–Kier alpha value is -3.36. The number of methoxy groups -OCH3 is 1. The minimum Gasteiger partial charge on any atom is -0.496 e. The van der Waals surface area contributed by atoms with Crippen molar-refractivity contribution in [2.45, 2.75) is 18.9 Å². The van der Waals surface area contributed by atoms with Crippen LogP contribution < -0.4 is 15.4 Å². The minimum absolute atomic E-state index is 0.0730. The zero-order chi connectivity index (χ0) is 19.2. The van der Waals surface area contributed by atoms with Crippen LogP contribution in [0.2, 0.25) is 0 Å². The molecule has 0 spiro atoms. The van der Waals surface area contributed by atoms with Crippen LogP contribution in [0.4, 0.5) is 15.4 Å². The van der Waals surface area contributed by atoms with Gasteiger partial charge in [-0.3, -0.25) is 5.32 Å². The number of ether oxygens (including phenoxy) is 1. The van der Waals surface area contributed by atoms with Crippen molar-refractivity contribution >= 4 is 17.9 Å². The molecule has 27 heavy (non-hydrogen) atoms. The standard InChI is InChI=1S/C18H21N5O4/c1-27-15-5-3-2-4-13(15)14-10-16(20-11-19-14)22-17(24)21-12-6-8-23(9-7-12)18(25)26/h2-5,10-12H,6-9H2,1H3,(H,25,26)(H2,19,20,21,22,24). The normalized spacial score (nSPS) is 14.5. The molecule has 142 valence electrons. The smallest absolute Gasteiger partial charge is 0.407 e. The lowest BCUT2D eigenvalue weighted by atomic mass is 10.1. The average Bonchev–Trinajstić information content (AvgIpc) is 2.68. The number of likely N-dealkylation sites (tertiary alicyclic amines) is 1. The van der Waals surface area contributed by atoms with Gasteiger partial charge in [-0.25, -0.2) is 19.6 Å². The van der Waals surface area contributed by atoms with Gasteiger partial charge in [0.15, 0.2) is 0 Å². The number of amides is 3. The van der Waals surface area contributed by atoms with Gasteiger partial charge in [-0.2, -0.15) is 0 Å². The van der Waals surface area contributed by atoms with Crippen LogP contribution in [0.1, 0.15) is 12.8 Å². The summed E-state index contributed by atoms with van der Waals surface area (Å²) in [5.74, 6) is 1.04. The lowest BCUT2D eigenvalue weighted by Gasteiger charge is -2.30. The molecule has 3 amide bonds. The lowest BCUT2D eigenvalue weighted by Crippen LogP contribution is -2.47. The van der Waals surface area contributed by atoms with Crippen molar-refractivity contribution in [1.29, 1.82) is 0 Å². The molecule has 3 N–H and O–H groups in total. The summed E-state index contributed by atoms with van der Waals surface area (Å²) in [6, 6.07) is 8.67. The first-order valence-electron chi connectivity index (χ1n) is 8.57. The zero-order valence-corrected chi connectivity index (χ0v) is 14.9. The SMILES string of the molecule is COc1ccccc1-c1cc(NC(=O)NC2CCN(C(=O)O)CC2)ncn1. The van der Waals surface area contributed by atoms with Crippen LogP contribution >= 0.6 is 0 Å². The van der Waals surface area contributed by atoms with E-state index in [1.165, 1.54) is 11.2 Å². The second-order valence-corrected chi connectivity index (χ2v) is 6.13. The number of nitrogens with zero attached hydrogens (tertiary/aromatic N) is 3. The Morgan fingerprint density at radius 3 is 2.67 bits per heavy atom. The minimum atomic E-state index is -0.928. The van der Waals surface area contributed by atoms with Gasteiger partial charge in [-0.15, -0.1) is 0 Å².